The number of nitrogens with one attached hydrogen (secondary N) is 1. The van der Waals surface area contributed by atoms with Gasteiger partial charge < -0.3 is 10.1 Å². The Bertz CT molecular complexity index is 1350. The molecule has 10 heteroatoms. The maximum atomic E-state index is 13.3. The van der Waals surface area contributed by atoms with Crippen molar-refractivity contribution in [3.8, 4) is 0 Å². The van der Waals surface area contributed by atoms with Crippen molar-refractivity contribution >= 4 is 61.5 Å². The second-order valence-electron chi connectivity index (χ2n) is 8.81. The topological polar surface area (TPSA) is 90.3 Å². The summed E-state index contributed by atoms with van der Waals surface area (Å²) in [7, 11) is 0. The summed E-state index contributed by atoms with van der Waals surface area (Å²) in [5.74, 6) is -0.487. The van der Waals surface area contributed by atoms with Gasteiger partial charge in [-0.2, -0.15) is 0 Å². The summed E-state index contributed by atoms with van der Waals surface area (Å²) in [5, 5.41) is 4.86. The molecule has 0 aromatic carbocycles. The standard InChI is InChI=1S/C25H29N3O4S3/c1-3-28-23(30)19-14-9-5-7-11-16(14)34-21(19)27-25(28)33-13-18(29)26-22-20(24(31)32-4-2)15-10-6-8-12-17(15)35-22/h3-13H2,1-2H3,(H,26,29). The molecule has 2 aliphatic rings. The zero-order valence-corrected chi connectivity index (χ0v) is 22.5. The molecule has 0 bridgehead atoms. The molecule has 2 aliphatic carbocycles. The van der Waals surface area contributed by atoms with Crippen LogP contribution in [0, 0.1) is 0 Å². The van der Waals surface area contributed by atoms with Gasteiger partial charge in [-0.3, -0.25) is 14.2 Å². The second kappa shape index (κ2) is 10.4. The van der Waals surface area contributed by atoms with Gasteiger partial charge in [0.15, 0.2) is 5.16 Å². The summed E-state index contributed by atoms with van der Waals surface area (Å²) < 4.78 is 6.96. The van der Waals surface area contributed by atoms with E-state index in [0.717, 1.165) is 72.0 Å². The molecule has 35 heavy (non-hydrogen) atoms. The molecule has 3 aromatic heterocycles. The Balaban J connectivity index is 1.37. The van der Waals surface area contributed by atoms with Crippen LogP contribution in [0.3, 0.4) is 0 Å². The SMILES string of the molecule is CCOC(=O)c1c(NC(=O)CSc2nc3sc4c(c3c(=O)n2CC)CCCC4)sc2c1CCCC2. The van der Waals surface area contributed by atoms with E-state index in [0.29, 0.717) is 28.9 Å². The largest absolute Gasteiger partial charge is 0.462 e. The van der Waals surface area contributed by atoms with Gasteiger partial charge in [0.1, 0.15) is 9.83 Å². The number of hydrogen-bond donors (Lipinski definition) is 1. The number of rotatable bonds is 7. The number of fused-ring (bicyclic) bond motifs is 4. The van der Waals surface area contributed by atoms with Crippen LogP contribution in [0.4, 0.5) is 5.00 Å². The van der Waals surface area contributed by atoms with E-state index in [1.165, 1.54) is 33.5 Å². The Kier molecular flexibility index (Phi) is 7.31. The molecule has 3 aromatic rings. The molecule has 0 radical (unpaired) electrons. The third kappa shape index (κ3) is 4.68. The van der Waals surface area contributed by atoms with E-state index < -0.39 is 0 Å². The maximum absolute atomic E-state index is 13.3. The molecule has 7 nitrogen and oxygen atoms in total. The van der Waals surface area contributed by atoms with E-state index in [9.17, 15) is 14.4 Å². The van der Waals surface area contributed by atoms with Crippen LogP contribution in [0.2, 0.25) is 0 Å². The van der Waals surface area contributed by atoms with E-state index in [1.54, 1.807) is 22.8 Å². The first kappa shape index (κ1) is 24.5. The summed E-state index contributed by atoms with van der Waals surface area (Å²) in [4.78, 5) is 47.0. The Morgan fingerprint density at radius 3 is 2.43 bits per heavy atom. The smallest absolute Gasteiger partial charge is 0.341 e. The first-order chi connectivity index (χ1) is 17.0. The van der Waals surface area contributed by atoms with Gasteiger partial charge in [-0.1, -0.05) is 11.8 Å². The van der Waals surface area contributed by atoms with Crippen molar-refractivity contribution in [2.45, 2.75) is 76.9 Å². The number of esters is 1. The lowest BCUT2D eigenvalue weighted by molar-refractivity contribution is -0.113. The number of thiophene rings is 2. The molecule has 5 rings (SSSR count). The number of aryl methyl sites for hydroxylation is 3. The highest BCUT2D eigenvalue weighted by Crippen LogP contribution is 2.39. The van der Waals surface area contributed by atoms with E-state index in [-0.39, 0.29) is 23.2 Å². The van der Waals surface area contributed by atoms with Crippen molar-refractivity contribution in [3.63, 3.8) is 0 Å². The molecule has 1 N–H and O–H groups in total. The van der Waals surface area contributed by atoms with Crippen molar-refractivity contribution in [1.29, 1.82) is 0 Å². The van der Waals surface area contributed by atoms with Gasteiger partial charge in [0.25, 0.3) is 5.56 Å². The number of ether oxygens (including phenoxy) is 1. The minimum atomic E-state index is -0.372. The van der Waals surface area contributed by atoms with Crippen LogP contribution in [-0.4, -0.2) is 33.8 Å². The van der Waals surface area contributed by atoms with E-state index in [4.69, 9.17) is 9.72 Å². The van der Waals surface area contributed by atoms with Crippen molar-refractivity contribution in [2.75, 3.05) is 17.7 Å². The van der Waals surface area contributed by atoms with Crippen molar-refractivity contribution < 1.29 is 14.3 Å². The minimum absolute atomic E-state index is 0.00432. The molecule has 0 saturated heterocycles. The van der Waals surface area contributed by atoms with Crippen LogP contribution in [0.15, 0.2) is 9.95 Å². The summed E-state index contributed by atoms with van der Waals surface area (Å²) in [6.07, 6.45) is 8.11. The average molecular weight is 532 g/mol. The number of anilines is 1. The molecule has 0 saturated carbocycles. The van der Waals surface area contributed by atoms with Crippen LogP contribution < -0.4 is 10.9 Å². The maximum Gasteiger partial charge on any atom is 0.341 e. The van der Waals surface area contributed by atoms with E-state index in [2.05, 4.69) is 5.32 Å². The minimum Gasteiger partial charge on any atom is -0.462 e. The number of amides is 1. The zero-order chi connectivity index (χ0) is 24.5. The Morgan fingerprint density at radius 1 is 1.03 bits per heavy atom. The highest BCUT2D eigenvalue weighted by molar-refractivity contribution is 7.99. The van der Waals surface area contributed by atoms with E-state index in [1.807, 2.05) is 6.92 Å². The lowest BCUT2D eigenvalue weighted by Gasteiger charge is -2.13. The first-order valence-electron chi connectivity index (χ1n) is 12.3. The zero-order valence-electron chi connectivity index (χ0n) is 20.0. The second-order valence-corrected chi connectivity index (χ2v) is 11.9. The number of nitrogens with zero attached hydrogens (tertiary/aromatic N) is 2. The van der Waals surface area contributed by atoms with Gasteiger partial charge in [-0.25, -0.2) is 9.78 Å². The molecule has 0 fully saturated rings. The molecule has 0 unspecified atom stereocenters. The van der Waals surface area contributed by atoms with Crippen LogP contribution in [-0.2, 0) is 41.8 Å². The lowest BCUT2D eigenvalue weighted by atomic mass is 9.95. The van der Waals surface area contributed by atoms with Gasteiger partial charge in [0.05, 0.1) is 23.3 Å². The number of carbonyl (C=O) groups excluding carboxylic acids is 2. The Morgan fingerprint density at radius 2 is 1.71 bits per heavy atom. The van der Waals surface area contributed by atoms with Crippen LogP contribution in [0.1, 0.15) is 70.8 Å². The van der Waals surface area contributed by atoms with Gasteiger partial charge in [0, 0.05) is 16.3 Å². The van der Waals surface area contributed by atoms with Gasteiger partial charge in [0.2, 0.25) is 5.91 Å². The fraction of sp³-hybridized carbons (Fsp3) is 0.520. The molecular formula is C25H29N3O4S3. The third-order valence-electron chi connectivity index (χ3n) is 6.59. The highest BCUT2D eigenvalue weighted by Gasteiger charge is 2.27. The summed E-state index contributed by atoms with van der Waals surface area (Å²) in [6, 6.07) is 0. The third-order valence-corrected chi connectivity index (χ3v) is 9.96. The fourth-order valence-corrected chi connectivity index (χ4v) is 8.43. The monoisotopic (exact) mass is 531 g/mol. The lowest BCUT2D eigenvalue weighted by Crippen LogP contribution is -2.24. The van der Waals surface area contributed by atoms with Gasteiger partial charge in [-0.15, -0.1) is 22.7 Å². The predicted molar refractivity (Wildman–Crippen MR) is 142 cm³/mol. The quantitative estimate of drug-likeness (QED) is 0.256. The van der Waals surface area contributed by atoms with Crippen LogP contribution in [0.25, 0.3) is 10.2 Å². The number of aromatic nitrogens is 2. The number of hydrogen-bond acceptors (Lipinski definition) is 8. The Hall–Kier alpha value is -2.17. The van der Waals surface area contributed by atoms with Crippen molar-refractivity contribution in [2.24, 2.45) is 0 Å². The van der Waals surface area contributed by atoms with Crippen molar-refractivity contribution in [1.82, 2.24) is 9.55 Å². The molecule has 186 valence electrons. The fourth-order valence-electron chi connectivity index (χ4n) is 4.97. The molecule has 1 amide bonds. The molecule has 0 atom stereocenters. The molecular weight excluding hydrogens is 502 g/mol. The highest BCUT2D eigenvalue weighted by atomic mass is 32.2. The number of carbonyl (C=O) groups is 2. The molecule has 0 spiro atoms. The van der Waals surface area contributed by atoms with Gasteiger partial charge in [-0.05, 0) is 76.3 Å². The number of thioether (sulfide) groups is 1. The first-order valence-corrected chi connectivity index (χ1v) is 14.9. The predicted octanol–water partition coefficient (Wildman–Crippen LogP) is 5.20. The Labute approximate surface area is 216 Å². The normalized spacial score (nSPS) is 15.0. The molecule has 3 heterocycles. The average Bonchev–Trinajstić information content (AvgIpc) is 3.40. The van der Waals surface area contributed by atoms with Crippen LogP contribution in [0.5, 0.6) is 0 Å². The summed E-state index contributed by atoms with van der Waals surface area (Å²) in [6.45, 7) is 4.51. The van der Waals surface area contributed by atoms with Gasteiger partial charge >= 0.3 is 5.97 Å². The van der Waals surface area contributed by atoms with Crippen molar-refractivity contribution in [3.05, 3.63) is 36.8 Å². The summed E-state index contributed by atoms with van der Waals surface area (Å²) >= 11 is 4.37. The molecule has 0 aliphatic heterocycles. The summed E-state index contributed by atoms with van der Waals surface area (Å²) in [5.41, 5.74) is 2.71. The van der Waals surface area contributed by atoms with E-state index >= 15 is 0 Å². The van der Waals surface area contributed by atoms with Crippen LogP contribution >= 0.6 is 34.4 Å².